The summed E-state index contributed by atoms with van der Waals surface area (Å²) < 4.78 is 48.9. The van der Waals surface area contributed by atoms with E-state index in [1.165, 1.54) is 13.0 Å². The monoisotopic (exact) mass is 196 g/mol. The Labute approximate surface area is 72.2 Å². The molecule has 0 saturated carbocycles. The van der Waals surface area contributed by atoms with Crippen LogP contribution in [0.15, 0.2) is 12.3 Å². The molecule has 13 heavy (non-hydrogen) atoms. The Balaban J connectivity index is 2.83. The summed E-state index contributed by atoms with van der Waals surface area (Å²) in [6, 6.07) is 1.23. The van der Waals surface area contributed by atoms with Crippen molar-refractivity contribution < 1.29 is 17.6 Å². The van der Waals surface area contributed by atoms with E-state index in [9.17, 15) is 17.6 Å². The fourth-order valence-corrected chi connectivity index (χ4v) is 0.983. The standard InChI is InChI=1S/C7H8F4N2/c1-5(8)6-2-3-12-13(6)4-7(9,10)11/h2-3,5H,4H2,1H3. The number of nitrogens with zero attached hydrogens (tertiary/aromatic N) is 2. The average Bonchev–Trinajstić information content (AvgIpc) is 2.31. The number of alkyl halides is 4. The highest BCUT2D eigenvalue weighted by atomic mass is 19.4. The Kier molecular flexibility index (Phi) is 2.58. The number of hydrogen-bond acceptors (Lipinski definition) is 1. The summed E-state index contributed by atoms with van der Waals surface area (Å²) in [5.41, 5.74) is -0.0580. The van der Waals surface area contributed by atoms with Crippen molar-refractivity contribution in [1.82, 2.24) is 9.78 Å². The van der Waals surface area contributed by atoms with E-state index in [4.69, 9.17) is 0 Å². The summed E-state index contributed by atoms with van der Waals surface area (Å²) in [7, 11) is 0. The molecule has 0 aromatic carbocycles. The van der Waals surface area contributed by atoms with E-state index >= 15 is 0 Å². The fourth-order valence-electron chi connectivity index (χ4n) is 0.983. The Morgan fingerprint density at radius 1 is 1.54 bits per heavy atom. The van der Waals surface area contributed by atoms with Gasteiger partial charge in [0.15, 0.2) is 0 Å². The van der Waals surface area contributed by atoms with Gasteiger partial charge in [-0.1, -0.05) is 0 Å². The Morgan fingerprint density at radius 2 is 2.15 bits per heavy atom. The molecular formula is C7H8F4N2. The molecule has 1 aromatic rings. The highest BCUT2D eigenvalue weighted by Crippen LogP contribution is 2.21. The quantitative estimate of drug-likeness (QED) is 0.664. The third-order valence-corrected chi connectivity index (χ3v) is 1.49. The molecule has 0 spiro atoms. The normalized spacial score (nSPS) is 14.5. The Morgan fingerprint density at radius 3 is 2.62 bits per heavy atom. The molecule has 1 aromatic heterocycles. The lowest BCUT2D eigenvalue weighted by Crippen LogP contribution is -2.20. The largest absolute Gasteiger partial charge is 0.408 e. The van der Waals surface area contributed by atoms with Crippen LogP contribution in [-0.2, 0) is 6.54 Å². The lowest BCUT2D eigenvalue weighted by Gasteiger charge is -2.10. The zero-order chi connectivity index (χ0) is 10.1. The third kappa shape index (κ3) is 2.71. The minimum absolute atomic E-state index is 0.0580. The van der Waals surface area contributed by atoms with Crippen LogP contribution in [0.1, 0.15) is 18.8 Å². The summed E-state index contributed by atoms with van der Waals surface area (Å²) in [5, 5.41) is 3.38. The molecule has 0 N–H and O–H groups in total. The molecule has 6 heteroatoms. The molecule has 0 bridgehead atoms. The van der Waals surface area contributed by atoms with Gasteiger partial charge in [-0.2, -0.15) is 18.3 Å². The maximum atomic E-state index is 12.7. The van der Waals surface area contributed by atoms with Gasteiger partial charge < -0.3 is 0 Å². The van der Waals surface area contributed by atoms with Crippen molar-refractivity contribution in [1.29, 1.82) is 0 Å². The van der Waals surface area contributed by atoms with Crippen molar-refractivity contribution >= 4 is 0 Å². The molecule has 0 aliphatic rings. The van der Waals surface area contributed by atoms with Gasteiger partial charge in [0.2, 0.25) is 0 Å². The maximum absolute atomic E-state index is 12.7. The summed E-state index contributed by atoms with van der Waals surface area (Å²) in [5.74, 6) is 0. The lowest BCUT2D eigenvalue weighted by atomic mass is 10.3. The summed E-state index contributed by atoms with van der Waals surface area (Å²) in [6.45, 7) is -0.0759. The van der Waals surface area contributed by atoms with Crippen LogP contribution in [0.2, 0.25) is 0 Å². The first-order chi connectivity index (χ1) is 5.90. The second kappa shape index (κ2) is 3.35. The summed E-state index contributed by atoms with van der Waals surface area (Å²) >= 11 is 0. The van der Waals surface area contributed by atoms with Crippen LogP contribution in [-0.4, -0.2) is 16.0 Å². The number of aromatic nitrogens is 2. The average molecular weight is 196 g/mol. The highest BCUT2D eigenvalue weighted by Gasteiger charge is 2.29. The number of hydrogen-bond donors (Lipinski definition) is 0. The number of rotatable bonds is 2. The van der Waals surface area contributed by atoms with Gasteiger partial charge in [0.1, 0.15) is 12.7 Å². The van der Waals surface area contributed by atoms with E-state index < -0.39 is 18.9 Å². The zero-order valence-corrected chi connectivity index (χ0v) is 6.85. The summed E-state index contributed by atoms with van der Waals surface area (Å²) in [6.07, 6.45) is -4.66. The molecular weight excluding hydrogens is 188 g/mol. The van der Waals surface area contributed by atoms with Crippen molar-refractivity contribution in [3.63, 3.8) is 0 Å². The van der Waals surface area contributed by atoms with Crippen LogP contribution in [0.3, 0.4) is 0 Å². The first-order valence-corrected chi connectivity index (χ1v) is 3.62. The summed E-state index contributed by atoms with van der Waals surface area (Å²) in [4.78, 5) is 0. The molecule has 0 aliphatic heterocycles. The van der Waals surface area contributed by atoms with Gasteiger partial charge in [-0.05, 0) is 13.0 Å². The molecule has 1 atom stereocenters. The predicted molar refractivity (Wildman–Crippen MR) is 37.8 cm³/mol. The van der Waals surface area contributed by atoms with Crippen LogP contribution in [0.4, 0.5) is 17.6 Å². The molecule has 2 nitrogen and oxygen atoms in total. The van der Waals surface area contributed by atoms with Gasteiger partial charge in [-0.3, -0.25) is 4.68 Å². The molecule has 74 valence electrons. The lowest BCUT2D eigenvalue weighted by molar-refractivity contribution is -0.143. The smallest absolute Gasteiger partial charge is 0.257 e. The first-order valence-electron chi connectivity index (χ1n) is 3.62. The van der Waals surface area contributed by atoms with Crippen LogP contribution in [0.25, 0.3) is 0 Å². The van der Waals surface area contributed by atoms with Crippen LogP contribution >= 0.6 is 0 Å². The van der Waals surface area contributed by atoms with Crippen molar-refractivity contribution in [3.8, 4) is 0 Å². The Hall–Kier alpha value is -1.07. The molecule has 0 fully saturated rings. The van der Waals surface area contributed by atoms with Crippen LogP contribution in [0, 0.1) is 0 Å². The minimum Gasteiger partial charge on any atom is -0.257 e. The zero-order valence-electron chi connectivity index (χ0n) is 6.85. The van der Waals surface area contributed by atoms with Gasteiger partial charge in [0.25, 0.3) is 0 Å². The van der Waals surface area contributed by atoms with E-state index in [0.717, 1.165) is 6.20 Å². The third-order valence-electron chi connectivity index (χ3n) is 1.49. The van der Waals surface area contributed by atoms with Gasteiger partial charge in [0, 0.05) is 6.20 Å². The van der Waals surface area contributed by atoms with Gasteiger partial charge in [-0.25, -0.2) is 4.39 Å². The van der Waals surface area contributed by atoms with Crippen molar-refractivity contribution in [3.05, 3.63) is 18.0 Å². The van der Waals surface area contributed by atoms with Crippen molar-refractivity contribution in [2.45, 2.75) is 25.8 Å². The first kappa shape index (κ1) is 10.0. The topological polar surface area (TPSA) is 17.8 Å². The second-order valence-corrected chi connectivity index (χ2v) is 2.64. The Bertz CT molecular complexity index is 276. The van der Waals surface area contributed by atoms with Gasteiger partial charge in [-0.15, -0.1) is 0 Å². The second-order valence-electron chi connectivity index (χ2n) is 2.64. The van der Waals surface area contributed by atoms with Crippen LogP contribution < -0.4 is 0 Å². The predicted octanol–water partition coefficient (Wildman–Crippen LogP) is 2.48. The SMILES string of the molecule is CC(F)c1ccnn1CC(F)(F)F. The van der Waals surface area contributed by atoms with Crippen molar-refractivity contribution in [2.24, 2.45) is 0 Å². The van der Waals surface area contributed by atoms with Crippen LogP contribution in [0.5, 0.6) is 0 Å². The molecule has 1 unspecified atom stereocenters. The van der Waals surface area contributed by atoms with E-state index in [1.54, 1.807) is 0 Å². The molecule has 0 saturated heterocycles. The molecule has 0 radical (unpaired) electrons. The van der Waals surface area contributed by atoms with Crippen molar-refractivity contribution in [2.75, 3.05) is 0 Å². The van der Waals surface area contributed by atoms with E-state index in [2.05, 4.69) is 5.10 Å². The van der Waals surface area contributed by atoms with E-state index in [1.807, 2.05) is 0 Å². The maximum Gasteiger partial charge on any atom is 0.408 e. The van der Waals surface area contributed by atoms with Gasteiger partial charge >= 0.3 is 6.18 Å². The molecule has 0 amide bonds. The van der Waals surface area contributed by atoms with E-state index in [0.29, 0.717) is 4.68 Å². The molecule has 1 rings (SSSR count). The minimum atomic E-state index is -4.37. The van der Waals surface area contributed by atoms with E-state index in [-0.39, 0.29) is 5.69 Å². The fraction of sp³-hybridized carbons (Fsp3) is 0.571. The molecule has 1 heterocycles. The highest BCUT2D eigenvalue weighted by molar-refractivity contribution is 5.03. The number of halogens is 4. The molecule has 0 aliphatic carbocycles. The van der Waals surface area contributed by atoms with Gasteiger partial charge in [0.05, 0.1) is 5.69 Å².